The SMILES string of the molecule is CC[C@H](C)OC(=O)c1c(N)n(-c2ccccc2OC)c2nc3ccccc3nc12. The first-order valence-electron chi connectivity index (χ1n) is 9.46. The molecule has 4 aromatic rings. The molecule has 0 amide bonds. The van der Waals surface area contributed by atoms with Crippen molar-refractivity contribution in [2.45, 2.75) is 26.4 Å². The van der Waals surface area contributed by atoms with Gasteiger partial charge in [0.2, 0.25) is 0 Å². The number of anilines is 1. The zero-order valence-electron chi connectivity index (χ0n) is 16.5. The van der Waals surface area contributed by atoms with E-state index in [0.717, 1.165) is 0 Å². The molecule has 0 fully saturated rings. The lowest BCUT2D eigenvalue weighted by molar-refractivity contribution is 0.0338. The Balaban J connectivity index is 2.06. The quantitative estimate of drug-likeness (QED) is 0.515. The summed E-state index contributed by atoms with van der Waals surface area (Å²) in [5.74, 6) is 0.307. The molecule has 0 saturated heterocycles. The predicted molar refractivity (Wildman–Crippen MR) is 113 cm³/mol. The lowest BCUT2D eigenvalue weighted by Crippen LogP contribution is -2.15. The van der Waals surface area contributed by atoms with Gasteiger partial charge in [0, 0.05) is 0 Å². The highest BCUT2D eigenvalue weighted by molar-refractivity contribution is 6.09. The summed E-state index contributed by atoms with van der Waals surface area (Å²) in [6.07, 6.45) is 0.464. The second kappa shape index (κ2) is 7.43. The van der Waals surface area contributed by atoms with Crippen molar-refractivity contribution in [1.82, 2.24) is 14.5 Å². The van der Waals surface area contributed by atoms with Crippen molar-refractivity contribution in [2.24, 2.45) is 0 Å². The summed E-state index contributed by atoms with van der Waals surface area (Å²) in [5.41, 5.74) is 9.62. The first-order valence-corrected chi connectivity index (χ1v) is 9.46. The van der Waals surface area contributed by atoms with Gasteiger partial charge in [-0.1, -0.05) is 31.2 Å². The number of para-hydroxylation sites is 4. The van der Waals surface area contributed by atoms with E-state index in [1.165, 1.54) is 0 Å². The van der Waals surface area contributed by atoms with E-state index in [1.54, 1.807) is 11.7 Å². The molecule has 29 heavy (non-hydrogen) atoms. The molecule has 2 heterocycles. The maximum atomic E-state index is 13.0. The van der Waals surface area contributed by atoms with E-state index >= 15 is 0 Å². The molecule has 2 aromatic heterocycles. The summed E-state index contributed by atoms with van der Waals surface area (Å²) < 4.78 is 12.8. The molecule has 2 N–H and O–H groups in total. The van der Waals surface area contributed by atoms with Crippen molar-refractivity contribution < 1.29 is 14.3 Å². The molecular weight excluding hydrogens is 368 g/mol. The van der Waals surface area contributed by atoms with Gasteiger partial charge in [-0.2, -0.15) is 0 Å². The summed E-state index contributed by atoms with van der Waals surface area (Å²) >= 11 is 0. The highest BCUT2D eigenvalue weighted by atomic mass is 16.5. The summed E-state index contributed by atoms with van der Waals surface area (Å²) in [6.45, 7) is 3.79. The van der Waals surface area contributed by atoms with E-state index in [0.29, 0.717) is 40.1 Å². The molecule has 4 rings (SSSR count). The number of carbonyl (C=O) groups excluding carboxylic acids is 1. The maximum Gasteiger partial charge on any atom is 0.344 e. The fourth-order valence-electron chi connectivity index (χ4n) is 3.25. The third-order valence-electron chi connectivity index (χ3n) is 4.91. The number of carbonyl (C=O) groups is 1. The highest BCUT2D eigenvalue weighted by Crippen LogP contribution is 2.34. The van der Waals surface area contributed by atoms with Crippen LogP contribution in [-0.4, -0.2) is 33.7 Å². The largest absolute Gasteiger partial charge is 0.495 e. The van der Waals surface area contributed by atoms with Crippen molar-refractivity contribution in [3.63, 3.8) is 0 Å². The number of esters is 1. The van der Waals surface area contributed by atoms with Gasteiger partial charge in [0.05, 0.1) is 29.9 Å². The number of hydrogen-bond acceptors (Lipinski definition) is 6. The minimum Gasteiger partial charge on any atom is -0.495 e. The molecular formula is C22H22N4O3. The van der Waals surface area contributed by atoms with Crippen molar-refractivity contribution in [3.8, 4) is 11.4 Å². The maximum absolute atomic E-state index is 13.0. The van der Waals surface area contributed by atoms with Crippen LogP contribution in [0.3, 0.4) is 0 Å². The van der Waals surface area contributed by atoms with Crippen LogP contribution in [0, 0.1) is 0 Å². The van der Waals surface area contributed by atoms with Crippen LogP contribution in [0.4, 0.5) is 5.82 Å². The van der Waals surface area contributed by atoms with Gasteiger partial charge in [-0.05, 0) is 37.6 Å². The monoisotopic (exact) mass is 390 g/mol. The zero-order valence-corrected chi connectivity index (χ0v) is 16.5. The van der Waals surface area contributed by atoms with Gasteiger partial charge in [0.1, 0.15) is 22.6 Å². The number of ether oxygens (including phenoxy) is 2. The number of fused-ring (bicyclic) bond motifs is 2. The molecule has 7 nitrogen and oxygen atoms in total. The van der Waals surface area contributed by atoms with Gasteiger partial charge in [-0.25, -0.2) is 14.8 Å². The Bertz CT molecular complexity index is 1220. The summed E-state index contributed by atoms with van der Waals surface area (Å²) in [7, 11) is 1.58. The molecule has 0 aliphatic heterocycles. The Morgan fingerprint density at radius 3 is 2.45 bits per heavy atom. The molecule has 1 atom stereocenters. The fourth-order valence-corrected chi connectivity index (χ4v) is 3.25. The van der Waals surface area contributed by atoms with Crippen LogP contribution in [0.25, 0.3) is 27.9 Å². The van der Waals surface area contributed by atoms with Crippen molar-refractivity contribution in [3.05, 3.63) is 54.1 Å². The van der Waals surface area contributed by atoms with Crippen LogP contribution >= 0.6 is 0 Å². The van der Waals surface area contributed by atoms with E-state index in [4.69, 9.17) is 20.2 Å². The Labute approximate surface area is 168 Å². The second-order valence-electron chi connectivity index (χ2n) is 6.78. The number of nitrogen functional groups attached to an aromatic ring is 1. The highest BCUT2D eigenvalue weighted by Gasteiger charge is 2.27. The molecule has 148 valence electrons. The first-order chi connectivity index (χ1) is 14.0. The van der Waals surface area contributed by atoms with Gasteiger partial charge in [0.15, 0.2) is 5.65 Å². The molecule has 0 bridgehead atoms. The smallest absolute Gasteiger partial charge is 0.344 e. The molecule has 2 aromatic carbocycles. The average Bonchev–Trinajstić information content (AvgIpc) is 3.02. The van der Waals surface area contributed by atoms with Gasteiger partial charge >= 0.3 is 5.97 Å². The predicted octanol–water partition coefficient (Wildman–Crippen LogP) is 4.12. The van der Waals surface area contributed by atoms with Crippen LogP contribution in [0.5, 0.6) is 5.75 Å². The minimum absolute atomic E-state index is 0.212. The molecule has 0 spiro atoms. The molecule has 0 unspecified atom stereocenters. The molecule has 7 heteroatoms. The number of aromatic nitrogens is 3. The van der Waals surface area contributed by atoms with Gasteiger partial charge in [-0.15, -0.1) is 0 Å². The van der Waals surface area contributed by atoms with Gasteiger partial charge in [0.25, 0.3) is 0 Å². The fraction of sp³-hybridized carbons (Fsp3) is 0.227. The van der Waals surface area contributed by atoms with Crippen LogP contribution in [0.15, 0.2) is 48.5 Å². The van der Waals surface area contributed by atoms with Crippen LogP contribution in [-0.2, 0) is 4.74 Å². The number of nitrogens with zero attached hydrogens (tertiary/aromatic N) is 3. The molecule has 0 aliphatic rings. The molecule has 0 aliphatic carbocycles. The number of hydrogen-bond donors (Lipinski definition) is 1. The van der Waals surface area contributed by atoms with Gasteiger partial charge < -0.3 is 15.2 Å². The van der Waals surface area contributed by atoms with E-state index in [1.807, 2.05) is 62.4 Å². The number of nitrogens with two attached hydrogens (primary N) is 1. The van der Waals surface area contributed by atoms with Crippen molar-refractivity contribution in [1.29, 1.82) is 0 Å². The Morgan fingerprint density at radius 1 is 1.10 bits per heavy atom. The van der Waals surface area contributed by atoms with E-state index < -0.39 is 5.97 Å². The van der Waals surface area contributed by atoms with E-state index in [-0.39, 0.29) is 17.5 Å². The third kappa shape index (κ3) is 3.14. The first kappa shape index (κ1) is 18.7. The van der Waals surface area contributed by atoms with E-state index in [2.05, 4.69) is 4.98 Å². The Kier molecular flexibility index (Phi) is 4.80. The van der Waals surface area contributed by atoms with E-state index in [9.17, 15) is 4.79 Å². The number of benzene rings is 2. The summed E-state index contributed by atoms with van der Waals surface area (Å²) in [4.78, 5) is 22.4. The Hall–Kier alpha value is -3.61. The second-order valence-corrected chi connectivity index (χ2v) is 6.78. The number of rotatable bonds is 5. The minimum atomic E-state index is -0.514. The standard InChI is InChI=1S/C22H22N4O3/c1-4-13(2)29-22(27)18-19-21(25-15-10-6-5-9-14(15)24-19)26(20(18)23)16-11-7-8-12-17(16)28-3/h5-13H,4,23H2,1-3H3/t13-/m0/s1. The topological polar surface area (TPSA) is 92.3 Å². The third-order valence-corrected chi connectivity index (χ3v) is 4.91. The lowest BCUT2D eigenvalue weighted by Gasteiger charge is -2.13. The van der Waals surface area contributed by atoms with Crippen molar-refractivity contribution in [2.75, 3.05) is 12.8 Å². The average molecular weight is 390 g/mol. The lowest BCUT2D eigenvalue weighted by atomic mass is 10.2. The zero-order chi connectivity index (χ0) is 20.5. The van der Waals surface area contributed by atoms with Crippen LogP contribution in [0.1, 0.15) is 30.6 Å². The van der Waals surface area contributed by atoms with Crippen LogP contribution < -0.4 is 10.5 Å². The summed E-state index contributed by atoms with van der Waals surface area (Å²) in [5, 5.41) is 0. The molecule has 0 radical (unpaired) electrons. The summed E-state index contributed by atoms with van der Waals surface area (Å²) in [6, 6.07) is 14.9. The van der Waals surface area contributed by atoms with Crippen LogP contribution in [0.2, 0.25) is 0 Å². The number of methoxy groups -OCH3 is 1. The normalized spacial score (nSPS) is 12.2. The van der Waals surface area contributed by atoms with Crippen molar-refractivity contribution >= 4 is 34.0 Å². The van der Waals surface area contributed by atoms with Gasteiger partial charge in [-0.3, -0.25) is 4.57 Å². The molecule has 0 saturated carbocycles. The Morgan fingerprint density at radius 2 is 1.76 bits per heavy atom.